The first-order valence-electron chi connectivity index (χ1n) is 7.76. The molecule has 7 heteroatoms. The van der Waals surface area contributed by atoms with Crippen LogP contribution in [0.15, 0.2) is 42.5 Å². The van der Waals surface area contributed by atoms with E-state index in [1.165, 1.54) is 22.3 Å². The summed E-state index contributed by atoms with van der Waals surface area (Å²) in [5.41, 5.74) is 1.43. The summed E-state index contributed by atoms with van der Waals surface area (Å²) in [4.78, 5) is 18.2. The van der Waals surface area contributed by atoms with Crippen molar-refractivity contribution in [2.45, 2.75) is 19.5 Å². The third-order valence-electron chi connectivity index (χ3n) is 4.06. The molecule has 1 unspecified atom stereocenters. The van der Waals surface area contributed by atoms with E-state index in [9.17, 15) is 13.6 Å². The fourth-order valence-corrected chi connectivity index (χ4v) is 3.35. The summed E-state index contributed by atoms with van der Waals surface area (Å²) in [6, 6.07) is 10.7. The molecule has 0 aliphatic heterocycles. The van der Waals surface area contributed by atoms with Crippen molar-refractivity contribution in [3.8, 4) is 0 Å². The number of para-hydroxylation sites is 1. The molecule has 2 amide bonds. The van der Waals surface area contributed by atoms with Gasteiger partial charge in [-0.2, -0.15) is 0 Å². The summed E-state index contributed by atoms with van der Waals surface area (Å²) in [5, 5.41) is 3.61. The number of amides is 2. The highest BCUT2D eigenvalue weighted by Gasteiger charge is 2.19. The van der Waals surface area contributed by atoms with Gasteiger partial charge in [-0.3, -0.25) is 0 Å². The zero-order valence-electron chi connectivity index (χ0n) is 13.8. The van der Waals surface area contributed by atoms with Crippen LogP contribution in [0.3, 0.4) is 0 Å². The first-order valence-corrected chi connectivity index (χ1v) is 8.57. The molecule has 0 radical (unpaired) electrons. The summed E-state index contributed by atoms with van der Waals surface area (Å²) in [6.45, 7) is 2.07. The largest absolute Gasteiger partial charge is 0.331 e. The van der Waals surface area contributed by atoms with Crippen LogP contribution in [0.2, 0.25) is 0 Å². The highest BCUT2D eigenvalue weighted by Crippen LogP contribution is 2.23. The Labute approximate surface area is 148 Å². The Balaban J connectivity index is 1.64. The number of carbonyl (C=O) groups is 1. The lowest BCUT2D eigenvalue weighted by Crippen LogP contribution is -2.38. The zero-order valence-corrected chi connectivity index (χ0v) is 14.6. The molecule has 0 aliphatic rings. The van der Waals surface area contributed by atoms with Crippen LogP contribution in [0.1, 0.15) is 23.5 Å². The van der Waals surface area contributed by atoms with Gasteiger partial charge >= 0.3 is 6.03 Å². The molecule has 130 valence electrons. The number of nitrogens with one attached hydrogen (secondary N) is 1. The SMILES string of the molecule is CC(c1ccc(F)c(F)c1)N(C)C(=O)NCc1nc2ccccc2s1. The van der Waals surface area contributed by atoms with Crippen LogP contribution < -0.4 is 5.32 Å². The van der Waals surface area contributed by atoms with Crippen molar-refractivity contribution in [1.82, 2.24) is 15.2 Å². The van der Waals surface area contributed by atoms with E-state index in [0.29, 0.717) is 12.1 Å². The number of nitrogens with zero attached hydrogens (tertiary/aromatic N) is 2. The van der Waals surface area contributed by atoms with Crippen LogP contribution in [0.4, 0.5) is 13.6 Å². The van der Waals surface area contributed by atoms with Crippen molar-refractivity contribution >= 4 is 27.6 Å². The predicted molar refractivity (Wildman–Crippen MR) is 94.4 cm³/mol. The van der Waals surface area contributed by atoms with Crippen LogP contribution in [0, 0.1) is 11.6 Å². The van der Waals surface area contributed by atoms with Gasteiger partial charge in [0.2, 0.25) is 0 Å². The second-order valence-electron chi connectivity index (χ2n) is 5.69. The lowest BCUT2D eigenvalue weighted by molar-refractivity contribution is 0.194. The van der Waals surface area contributed by atoms with Crippen molar-refractivity contribution in [3.63, 3.8) is 0 Å². The quantitative estimate of drug-likeness (QED) is 0.745. The van der Waals surface area contributed by atoms with E-state index >= 15 is 0 Å². The van der Waals surface area contributed by atoms with Gasteiger partial charge in [0.15, 0.2) is 11.6 Å². The van der Waals surface area contributed by atoms with Crippen molar-refractivity contribution < 1.29 is 13.6 Å². The van der Waals surface area contributed by atoms with Crippen molar-refractivity contribution in [2.24, 2.45) is 0 Å². The van der Waals surface area contributed by atoms with Gasteiger partial charge in [0.25, 0.3) is 0 Å². The van der Waals surface area contributed by atoms with Gasteiger partial charge < -0.3 is 10.2 Å². The standard InChI is InChI=1S/C18H17F2N3OS/c1-11(12-7-8-13(19)14(20)9-12)23(2)18(24)21-10-17-22-15-5-3-4-6-16(15)25-17/h3-9,11H,10H2,1-2H3,(H,21,24). The molecule has 0 saturated heterocycles. The van der Waals surface area contributed by atoms with Gasteiger partial charge in [0, 0.05) is 7.05 Å². The number of thiazole rings is 1. The van der Waals surface area contributed by atoms with Crippen LogP contribution in [-0.2, 0) is 6.54 Å². The molecular formula is C18H17F2N3OS. The Kier molecular flexibility index (Phi) is 4.94. The van der Waals surface area contributed by atoms with E-state index in [0.717, 1.165) is 27.4 Å². The Morgan fingerprint density at radius 2 is 2.00 bits per heavy atom. The molecule has 1 aromatic heterocycles. The second kappa shape index (κ2) is 7.14. The lowest BCUT2D eigenvalue weighted by Gasteiger charge is -2.25. The molecule has 2 aromatic carbocycles. The first-order chi connectivity index (χ1) is 12.0. The maximum Gasteiger partial charge on any atom is 0.317 e. The Morgan fingerprint density at radius 1 is 1.24 bits per heavy atom. The number of aromatic nitrogens is 1. The third kappa shape index (κ3) is 3.76. The Morgan fingerprint density at radius 3 is 2.72 bits per heavy atom. The van der Waals surface area contributed by atoms with Crippen molar-refractivity contribution in [1.29, 1.82) is 0 Å². The second-order valence-corrected chi connectivity index (χ2v) is 6.81. The predicted octanol–water partition coefficient (Wildman–Crippen LogP) is 4.48. The minimum absolute atomic E-state index is 0.309. The maximum atomic E-state index is 13.4. The zero-order chi connectivity index (χ0) is 18.0. The average Bonchev–Trinajstić information content (AvgIpc) is 3.03. The van der Waals surface area contributed by atoms with Gasteiger partial charge in [0.05, 0.1) is 22.8 Å². The van der Waals surface area contributed by atoms with E-state index < -0.39 is 17.7 Å². The van der Waals surface area contributed by atoms with E-state index in [4.69, 9.17) is 0 Å². The molecule has 1 atom stereocenters. The number of carbonyl (C=O) groups excluding carboxylic acids is 1. The van der Waals surface area contributed by atoms with Gasteiger partial charge in [0.1, 0.15) is 5.01 Å². The minimum Gasteiger partial charge on any atom is -0.331 e. The third-order valence-corrected chi connectivity index (χ3v) is 5.09. The smallest absolute Gasteiger partial charge is 0.317 e. The average molecular weight is 361 g/mol. The number of hydrogen-bond acceptors (Lipinski definition) is 3. The number of fused-ring (bicyclic) bond motifs is 1. The topological polar surface area (TPSA) is 45.2 Å². The monoisotopic (exact) mass is 361 g/mol. The molecule has 0 saturated carbocycles. The summed E-state index contributed by atoms with van der Waals surface area (Å²) in [6.07, 6.45) is 0. The molecule has 1 N–H and O–H groups in total. The molecule has 3 rings (SSSR count). The lowest BCUT2D eigenvalue weighted by atomic mass is 10.1. The van der Waals surface area contributed by atoms with Gasteiger partial charge in [-0.25, -0.2) is 18.6 Å². The number of rotatable bonds is 4. The number of hydrogen-bond donors (Lipinski definition) is 1. The van der Waals surface area contributed by atoms with E-state index in [1.807, 2.05) is 24.3 Å². The molecular weight excluding hydrogens is 344 g/mol. The number of benzene rings is 2. The fourth-order valence-electron chi connectivity index (χ4n) is 2.44. The van der Waals surface area contributed by atoms with Gasteiger partial charge in [-0.1, -0.05) is 18.2 Å². The van der Waals surface area contributed by atoms with Crippen LogP contribution in [0.5, 0.6) is 0 Å². The van der Waals surface area contributed by atoms with Crippen molar-refractivity contribution in [2.75, 3.05) is 7.05 Å². The summed E-state index contributed by atoms with van der Waals surface area (Å²) in [5.74, 6) is -1.83. The molecule has 4 nitrogen and oxygen atoms in total. The number of urea groups is 1. The Hall–Kier alpha value is -2.54. The summed E-state index contributed by atoms with van der Waals surface area (Å²) >= 11 is 1.52. The maximum absolute atomic E-state index is 13.4. The van der Waals surface area contributed by atoms with Gasteiger partial charge in [-0.15, -0.1) is 11.3 Å². The molecule has 3 aromatic rings. The number of halogens is 2. The van der Waals surface area contributed by atoms with E-state index in [1.54, 1.807) is 14.0 Å². The highest BCUT2D eigenvalue weighted by molar-refractivity contribution is 7.18. The minimum atomic E-state index is -0.923. The normalized spacial score (nSPS) is 12.2. The van der Waals surface area contributed by atoms with Crippen LogP contribution in [0.25, 0.3) is 10.2 Å². The molecule has 0 fully saturated rings. The van der Waals surface area contributed by atoms with E-state index in [-0.39, 0.29) is 6.03 Å². The molecule has 0 bridgehead atoms. The van der Waals surface area contributed by atoms with Crippen molar-refractivity contribution in [3.05, 3.63) is 64.7 Å². The molecule has 0 spiro atoms. The summed E-state index contributed by atoms with van der Waals surface area (Å²) < 4.78 is 27.5. The van der Waals surface area contributed by atoms with Gasteiger partial charge in [-0.05, 0) is 36.8 Å². The van der Waals surface area contributed by atoms with Crippen LogP contribution >= 0.6 is 11.3 Å². The summed E-state index contributed by atoms with van der Waals surface area (Å²) in [7, 11) is 1.61. The fraction of sp³-hybridized carbons (Fsp3) is 0.222. The Bertz CT molecular complexity index is 879. The molecule has 1 heterocycles. The van der Waals surface area contributed by atoms with E-state index in [2.05, 4.69) is 10.3 Å². The molecule has 25 heavy (non-hydrogen) atoms. The molecule has 0 aliphatic carbocycles. The highest BCUT2D eigenvalue weighted by atomic mass is 32.1. The van der Waals surface area contributed by atoms with Crippen LogP contribution in [-0.4, -0.2) is 23.0 Å². The first kappa shape index (κ1) is 17.3.